The normalized spacial score (nSPS) is 9.73. The van der Waals surface area contributed by atoms with Gasteiger partial charge in [-0.1, -0.05) is 0 Å². The number of hydrogen-bond donors (Lipinski definition) is 1. The summed E-state index contributed by atoms with van der Waals surface area (Å²) in [6.07, 6.45) is 1.93. The second-order valence-electron chi connectivity index (χ2n) is 2.09. The minimum atomic E-state index is -0.187. The molecule has 0 aliphatic rings. The first-order valence-corrected chi connectivity index (χ1v) is 4.51. The van der Waals surface area contributed by atoms with Crippen LogP contribution in [-0.4, -0.2) is 13.3 Å². The maximum Gasteiger partial charge on any atom is 0.124 e. The maximum absolute atomic E-state index is 12.6. The van der Waals surface area contributed by atoms with E-state index < -0.39 is 0 Å². The SMILES string of the molecule is CNc1ccc(F)cc1SC. The van der Waals surface area contributed by atoms with Crippen LogP contribution in [0.25, 0.3) is 0 Å². The van der Waals surface area contributed by atoms with Gasteiger partial charge in [0.25, 0.3) is 0 Å². The van der Waals surface area contributed by atoms with Crippen molar-refractivity contribution in [3.63, 3.8) is 0 Å². The lowest BCUT2D eigenvalue weighted by Crippen LogP contribution is -1.90. The molecule has 1 N–H and O–H groups in total. The standard InChI is InChI=1S/C8H10FNS/c1-10-7-4-3-6(9)5-8(7)11-2/h3-5,10H,1-2H3. The first-order valence-electron chi connectivity index (χ1n) is 3.29. The molecule has 0 heterocycles. The highest BCUT2D eigenvalue weighted by Gasteiger charge is 1.99. The summed E-state index contributed by atoms with van der Waals surface area (Å²) in [5.74, 6) is -0.187. The molecular formula is C8H10FNS. The van der Waals surface area contributed by atoms with E-state index in [0.29, 0.717) is 0 Å². The molecule has 1 nitrogen and oxygen atoms in total. The average molecular weight is 171 g/mol. The Bertz CT molecular complexity index is 250. The minimum absolute atomic E-state index is 0.187. The number of nitrogens with one attached hydrogen (secondary N) is 1. The van der Waals surface area contributed by atoms with Crippen LogP contribution in [-0.2, 0) is 0 Å². The van der Waals surface area contributed by atoms with Crippen LogP contribution in [0.1, 0.15) is 0 Å². The third-order valence-corrected chi connectivity index (χ3v) is 2.21. The molecule has 11 heavy (non-hydrogen) atoms. The van der Waals surface area contributed by atoms with Gasteiger partial charge in [-0.2, -0.15) is 0 Å². The van der Waals surface area contributed by atoms with Crippen LogP contribution in [0.15, 0.2) is 23.1 Å². The highest BCUT2D eigenvalue weighted by molar-refractivity contribution is 7.98. The van der Waals surface area contributed by atoms with Gasteiger partial charge in [0.1, 0.15) is 5.82 Å². The largest absolute Gasteiger partial charge is 0.387 e. The fraction of sp³-hybridized carbons (Fsp3) is 0.250. The summed E-state index contributed by atoms with van der Waals surface area (Å²) < 4.78 is 12.6. The zero-order valence-corrected chi connectivity index (χ0v) is 7.33. The van der Waals surface area contributed by atoms with Gasteiger partial charge >= 0.3 is 0 Å². The lowest BCUT2D eigenvalue weighted by atomic mass is 10.3. The first-order chi connectivity index (χ1) is 5.27. The molecule has 0 amide bonds. The van der Waals surface area contributed by atoms with E-state index in [2.05, 4.69) is 5.32 Å². The number of hydrogen-bond acceptors (Lipinski definition) is 2. The van der Waals surface area contributed by atoms with Crippen LogP contribution < -0.4 is 5.32 Å². The number of halogens is 1. The van der Waals surface area contributed by atoms with E-state index in [1.165, 1.54) is 23.9 Å². The molecule has 0 fully saturated rings. The molecule has 0 aromatic heterocycles. The fourth-order valence-corrected chi connectivity index (χ4v) is 1.49. The molecule has 1 aromatic rings. The van der Waals surface area contributed by atoms with Crippen molar-refractivity contribution in [2.24, 2.45) is 0 Å². The predicted molar refractivity (Wildman–Crippen MR) is 47.7 cm³/mol. The fourth-order valence-electron chi connectivity index (χ4n) is 0.872. The lowest BCUT2D eigenvalue weighted by molar-refractivity contribution is 0.624. The molecular weight excluding hydrogens is 161 g/mol. The topological polar surface area (TPSA) is 12.0 Å². The Morgan fingerprint density at radius 3 is 2.73 bits per heavy atom. The number of benzene rings is 1. The van der Waals surface area contributed by atoms with E-state index in [1.807, 2.05) is 13.3 Å². The Kier molecular flexibility index (Phi) is 2.76. The molecule has 0 saturated heterocycles. The Morgan fingerprint density at radius 2 is 2.18 bits per heavy atom. The van der Waals surface area contributed by atoms with Gasteiger partial charge < -0.3 is 5.32 Å². The van der Waals surface area contributed by atoms with E-state index in [0.717, 1.165) is 10.6 Å². The predicted octanol–water partition coefficient (Wildman–Crippen LogP) is 2.59. The van der Waals surface area contributed by atoms with E-state index in [-0.39, 0.29) is 5.82 Å². The minimum Gasteiger partial charge on any atom is -0.387 e. The summed E-state index contributed by atoms with van der Waals surface area (Å²) in [5.41, 5.74) is 0.971. The molecule has 0 radical (unpaired) electrons. The molecule has 0 aliphatic heterocycles. The van der Waals surface area contributed by atoms with Crippen LogP contribution in [0.5, 0.6) is 0 Å². The van der Waals surface area contributed by atoms with Gasteiger partial charge in [0, 0.05) is 17.6 Å². The second-order valence-corrected chi connectivity index (χ2v) is 2.94. The Labute approximate surface area is 70.0 Å². The van der Waals surface area contributed by atoms with Crippen molar-refractivity contribution in [3.05, 3.63) is 24.0 Å². The summed E-state index contributed by atoms with van der Waals surface area (Å²) in [5, 5.41) is 2.99. The zero-order chi connectivity index (χ0) is 8.27. The molecule has 1 aromatic carbocycles. The first kappa shape index (κ1) is 8.40. The van der Waals surface area contributed by atoms with Crippen molar-refractivity contribution < 1.29 is 4.39 Å². The molecule has 0 saturated carbocycles. The molecule has 1 rings (SSSR count). The molecule has 0 aliphatic carbocycles. The van der Waals surface area contributed by atoms with Crippen LogP contribution in [0, 0.1) is 5.82 Å². The summed E-state index contributed by atoms with van der Waals surface area (Å²) in [6, 6.07) is 4.71. The maximum atomic E-state index is 12.6. The average Bonchev–Trinajstić information content (AvgIpc) is 2.04. The Balaban J connectivity index is 3.06. The summed E-state index contributed by atoms with van der Waals surface area (Å²) in [4.78, 5) is 0.938. The highest BCUT2D eigenvalue weighted by Crippen LogP contribution is 2.25. The Morgan fingerprint density at radius 1 is 1.45 bits per heavy atom. The van der Waals surface area contributed by atoms with Gasteiger partial charge in [-0.3, -0.25) is 0 Å². The van der Waals surface area contributed by atoms with E-state index in [1.54, 1.807) is 6.07 Å². The zero-order valence-electron chi connectivity index (χ0n) is 6.52. The van der Waals surface area contributed by atoms with Crippen molar-refractivity contribution in [2.75, 3.05) is 18.6 Å². The van der Waals surface area contributed by atoms with Crippen LogP contribution in [0.3, 0.4) is 0 Å². The number of rotatable bonds is 2. The van der Waals surface area contributed by atoms with Crippen molar-refractivity contribution >= 4 is 17.4 Å². The summed E-state index contributed by atoms with van der Waals surface area (Å²) in [7, 11) is 1.83. The van der Waals surface area contributed by atoms with Gasteiger partial charge in [-0.15, -0.1) is 11.8 Å². The summed E-state index contributed by atoms with van der Waals surface area (Å²) in [6.45, 7) is 0. The monoisotopic (exact) mass is 171 g/mol. The third kappa shape index (κ3) is 1.87. The Hall–Kier alpha value is -0.700. The lowest BCUT2D eigenvalue weighted by Gasteiger charge is -2.05. The van der Waals surface area contributed by atoms with Crippen molar-refractivity contribution in [2.45, 2.75) is 4.90 Å². The van der Waals surface area contributed by atoms with E-state index in [9.17, 15) is 4.39 Å². The molecule has 0 spiro atoms. The molecule has 0 unspecified atom stereocenters. The van der Waals surface area contributed by atoms with Gasteiger partial charge in [-0.05, 0) is 24.5 Å². The van der Waals surface area contributed by atoms with Gasteiger partial charge in [0.2, 0.25) is 0 Å². The van der Waals surface area contributed by atoms with Crippen molar-refractivity contribution in [1.82, 2.24) is 0 Å². The summed E-state index contributed by atoms with van der Waals surface area (Å²) >= 11 is 1.53. The molecule has 3 heteroatoms. The van der Waals surface area contributed by atoms with E-state index in [4.69, 9.17) is 0 Å². The second kappa shape index (κ2) is 3.62. The van der Waals surface area contributed by atoms with Crippen molar-refractivity contribution in [3.8, 4) is 0 Å². The van der Waals surface area contributed by atoms with Crippen LogP contribution >= 0.6 is 11.8 Å². The third-order valence-electron chi connectivity index (χ3n) is 1.43. The van der Waals surface area contributed by atoms with Crippen LogP contribution in [0.2, 0.25) is 0 Å². The van der Waals surface area contributed by atoms with E-state index >= 15 is 0 Å². The smallest absolute Gasteiger partial charge is 0.124 e. The quantitative estimate of drug-likeness (QED) is 0.686. The van der Waals surface area contributed by atoms with Crippen molar-refractivity contribution in [1.29, 1.82) is 0 Å². The number of thioether (sulfide) groups is 1. The highest BCUT2D eigenvalue weighted by atomic mass is 32.2. The molecule has 0 atom stereocenters. The molecule has 60 valence electrons. The van der Waals surface area contributed by atoms with Crippen LogP contribution in [0.4, 0.5) is 10.1 Å². The number of anilines is 1. The van der Waals surface area contributed by atoms with Gasteiger partial charge in [-0.25, -0.2) is 4.39 Å². The van der Waals surface area contributed by atoms with Gasteiger partial charge in [0.05, 0.1) is 0 Å². The van der Waals surface area contributed by atoms with Gasteiger partial charge in [0.15, 0.2) is 0 Å². The molecule has 0 bridgehead atoms.